The van der Waals surface area contributed by atoms with Gasteiger partial charge in [0.05, 0.1) is 6.61 Å². The number of esters is 1. The quantitative estimate of drug-likeness (QED) is 0.576. The molecule has 108 valence electrons. The topological polar surface area (TPSA) is 43.4 Å². The summed E-state index contributed by atoms with van der Waals surface area (Å²) < 4.78 is 4.95. The van der Waals surface area contributed by atoms with Gasteiger partial charge < -0.3 is 4.74 Å². The Kier molecular flexibility index (Phi) is 6.26. The molecule has 1 rings (SSSR count). The number of ketones is 1. The second kappa shape index (κ2) is 7.46. The molecule has 0 radical (unpaired) electrons. The molecule has 1 aliphatic carbocycles. The predicted molar refractivity (Wildman–Crippen MR) is 75.8 cm³/mol. The Hall–Kier alpha value is -1.12. The third-order valence-electron chi connectivity index (χ3n) is 3.69. The summed E-state index contributed by atoms with van der Waals surface area (Å²) in [5, 5.41) is 0. The number of Topliss-reactive ketones (excluding diaryl/α,β-unsaturated/α-hetero) is 1. The molecule has 0 amide bonds. The van der Waals surface area contributed by atoms with Crippen molar-refractivity contribution in [2.45, 2.75) is 59.3 Å². The van der Waals surface area contributed by atoms with Crippen molar-refractivity contribution in [1.82, 2.24) is 0 Å². The second-order valence-electron chi connectivity index (χ2n) is 6.03. The minimum absolute atomic E-state index is 0.0716. The summed E-state index contributed by atoms with van der Waals surface area (Å²) in [4.78, 5) is 23.1. The zero-order chi connectivity index (χ0) is 14.3. The average molecular weight is 266 g/mol. The summed E-state index contributed by atoms with van der Waals surface area (Å²) in [6, 6.07) is 0. The van der Waals surface area contributed by atoms with Gasteiger partial charge in [-0.25, -0.2) is 0 Å². The van der Waals surface area contributed by atoms with Crippen LogP contribution < -0.4 is 0 Å². The molecule has 19 heavy (non-hydrogen) atoms. The Morgan fingerprint density at radius 2 is 2.16 bits per heavy atom. The van der Waals surface area contributed by atoms with Gasteiger partial charge in [-0.15, -0.1) is 0 Å². The Bertz CT molecular complexity index is 342. The molecule has 3 heteroatoms. The van der Waals surface area contributed by atoms with Crippen LogP contribution in [0.3, 0.4) is 0 Å². The number of carbonyl (C=O) groups is 2. The second-order valence-corrected chi connectivity index (χ2v) is 6.03. The first kappa shape index (κ1) is 15.9. The molecule has 0 fully saturated rings. The summed E-state index contributed by atoms with van der Waals surface area (Å²) in [5.74, 6) is 0.519. The lowest BCUT2D eigenvalue weighted by molar-refractivity contribution is -0.143. The summed E-state index contributed by atoms with van der Waals surface area (Å²) in [6.07, 6.45) is 8.68. The third-order valence-corrected chi connectivity index (χ3v) is 3.69. The van der Waals surface area contributed by atoms with Crippen molar-refractivity contribution in [1.29, 1.82) is 0 Å². The molecule has 0 spiro atoms. The van der Waals surface area contributed by atoms with Crippen LogP contribution in [0.2, 0.25) is 0 Å². The molecule has 0 bridgehead atoms. The van der Waals surface area contributed by atoms with Crippen molar-refractivity contribution in [3.63, 3.8) is 0 Å². The van der Waals surface area contributed by atoms with Gasteiger partial charge in [-0.05, 0) is 37.5 Å². The highest BCUT2D eigenvalue weighted by Crippen LogP contribution is 2.29. The van der Waals surface area contributed by atoms with E-state index in [1.165, 1.54) is 0 Å². The smallest absolute Gasteiger partial charge is 0.305 e. The number of rotatable bonds is 4. The molecular formula is C16H26O3. The van der Waals surface area contributed by atoms with Gasteiger partial charge in [0.25, 0.3) is 0 Å². The maximum absolute atomic E-state index is 11.7. The first-order valence-corrected chi connectivity index (χ1v) is 7.29. The van der Waals surface area contributed by atoms with Crippen molar-refractivity contribution in [3.05, 3.63) is 12.2 Å². The average Bonchev–Trinajstić information content (AvgIpc) is 2.41. The van der Waals surface area contributed by atoms with E-state index in [2.05, 4.69) is 26.0 Å². The SMILES string of the molecule is CCOC(=O)CCC1/C=C\C(C)(C)CCC(=O)CC1. The fourth-order valence-corrected chi connectivity index (χ4v) is 2.29. The van der Waals surface area contributed by atoms with Crippen LogP contribution in [0.1, 0.15) is 59.3 Å². The van der Waals surface area contributed by atoms with Gasteiger partial charge in [0.2, 0.25) is 0 Å². The van der Waals surface area contributed by atoms with Crippen LogP contribution >= 0.6 is 0 Å². The van der Waals surface area contributed by atoms with E-state index in [-0.39, 0.29) is 11.4 Å². The fourth-order valence-electron chi connectivity index (χ4n) is 2.29. The maximum atomic E-state index is 11.7. The molecule has 0 N–H and O–H groups in total. The van der Waals surface area contributed by atoms with Crippen LogP contribution in [0, 0.1) is 11.3 Å². The first-order valence-electron chi connectivity index (χ1n) is 7.29. The lowest BCUT2D eigenvalue weighted by atomic mass is 9.86. The van der Waals surface area contributed by atoms with E-state index in [0.717, 1.165) is 19.3 Å². The third kappa shape index (κ3) is 6.55. The van der Waals surface area contributed by atoms with E-state index < -0.39 is 0 Å². The fraction of sp³-hybridized carbons (Fsp3) is 0.750. The monoisotopic (exact) mass is 266 g/mol. The van der Waals surface area contributed by atoms with E-state index in [1.807, 2.05) is 6.92 Å². The molecular weight excluding hydrogens is 240 g/mol. The highest BCUT2D eigenvalue weighted by molar-refractivity contribution is 5.78. The van der Waals surface area contributed by atoms with Crippen molar-refractivity contribution < 1.29 is 14.3 Å². The highest BCUT2D eigenvalue weighted by atomic mass is 16.5. The van der Waals surface area contributed by atoms with Crippen LogP contribution in [0.4, 0.5) is 0 Å². The van der Waals surface area contributed by atoms with Gasteiger partial charge in [-0.1, -0.05) is 26.0 Å². The Labute approximate surface area is 116 Å². The van der Waals surface area contributed by atoms with Crippen molar-refractivity contribution in [2.24, 2.45) is 11.3 Å². The van der Waals surface area contributed by atoms with E-state index >= 15 is 0 Å². The normalized spacial score (nSPS) is 25.0. The molecule has 0 aromatic heterocycles. The van der Waals surface area contributed by atoms with E-state index in [1.54, 1.807) is 0 Å². The zero-order valence-electron chi connectivity index (χ0n) is 12.4. The highest BCUT2D eigenvalue weighted by Gasteiger charge is 2.20. The lowest BCUT2D eigenvalue weighted by Gasteiger charge is -2.19. The maximum Gasteiger partial charge on any atom is 0.305 e. The summed E-state index contributed by atoms with van der Waals surface area (Å²) >= 11 is 0. The van der Waals surface area contributed by atoms with Crippen molar-refractivity contribution >= 4 is 11.8 Å². The molecule has 0 saturated carbocycles. The lowest BCUT2D eigenvalue weighted by Crippen LogP contribution is -2.09. The molecule has 1 atom stereocenters. The first-order chi connectivity index (χ1) is 8.93. The minimum Gasteiger partial charge on any atom is -0.466 e. The molecule has 1 unspecified atom stereocenters. The van der Waals surface area contributed by atoms with Crippen molar-refractivity contribution in [2.75, 3.05) is 6.61 Å². The van der Waals surface area contributed by atoms with Crippen LogP contribution in [0.15, 0.2) is 12.2 Å². The molecule has 3 nitrogen and oxygen atoms in total. The summed E-state index contributed by atoms with van der Waals surface area (Å²) in [7, 11) is 0. The zero-order valence-corrected chi connectivity index (χ0v) is 12.4. The van der Waals surface area contributed by atoms with Gasteiger partial charge in [-0.3, -0.25) is 9.59 Å². The largest absolute Gasteiger partial charge is 0.466 e. The molecule has 0 aromatic rings. The van der Waals surface area contributed by atoms with Gasteiger partial charge in [-0.2, -0.15) is 0 Å². The van der Waals surface area contributed by atoms with E-state index in [0.29, 0.717) is 37.6 Å². The number of carbonyl (C=O) groups excluding carboxylic acids is 2. The van der Waals surface area contributed by atoms with Gasteiger partial charge in [0, 0.05) is 19.3 Å². The van der Waals surface area contributed by atoms with Crippen LogP contribution in [-0.2, 0) is 14.3 Å². The predicted octanol–water partition coefficient (Wildman–Crippen LogP) is 3.67. The summed E-state index contributed by atoms with van der Waals surface area (Å²) in [5.41, 5.74) is 0.0716. The van der Waals surface area contributed by atoms with Crippen LogP contribution in [-0.4, -0.2) is 18.4 Å². The Morgan fingerprint density at radius 1 is 1.42 bits per heavy atom. The van der Waals surface area contributed by atoms with E-state index in [9.17, 15) is 9.59 Å². The molecule has 0 aliphatic heterocycles. The number of ether oxygens (including phenoxy) is 1. The minimum atomic E-state index is -0.138. The molecule has 0 saturated heterocycles. The Balaban J connectivity index is 2.56. The van der Waals surface area contributed by atoms with Crippen LogP contribution in [0.25, 0.3) is 0 Å². The number of hydrogen-bond acceptors (Lipinski definition) is 3. The van der Waals surface area contributed by atoms with E-state index in [4.69, 9.17) is 4.74 Å². The molecule has 1 aliphatic rings. The molecule has 0 aromatic carbocycles. The van der Waals surface area contributed by atoms with Gasteiger partial charge in [0.15, 0.2) is 0 Å². The number of allylic oxidation sites excluding steroid dienone is 2. The van der Waals surface area contributed by atoms with Crippen LogP contribution in [0.5, 0.6) is 0 Å². The summed E-state index contributed by atoms with van der Waals surface area (Å²) in [6.45, 7) is 6.57. The van der Waals surface area contributed by atoms with Gasteiger partial charge >= 0.3 is 5.97 Å². The molecule has 0 heterocycles. The Morgan fingerprint density at radius 3 is 2.84 bits per heavy atom. The van der Waals surface area contributed by atoms with Gasteiger partial charge in [0.1, 0.15) is 5.78 Å². The standard InChI is InChI=1S/C16H26O3/c1-4-19-15(18)8-6-13-5-7-14(17)10-12-16(2,3)11-9-13/h9,11,13H,4-8,10,12H2,1-3H3/b11-9-. The number of hydrogen-bond donors (Lipinski definition) is 0. The van der Waals surface area contributed by atoms with Crippen molar-refractivity contribution in [3.8, 4) is 0 Å².